The molecule has 0 aromatic carbocycles. The van der Waals surface area contributed by atoms with Gasteiger partial charge in [-0.05, 0) is 23.2 Å². The molecule has 0 nitrogen and oxygen atoms in total. The molecule has 15 heavy (non-hydrogen) atoms. The fourth-order valence-electron chi connectivity index (χ4n) is 1.49. The molecule has 90 valence electrons. The molecule has 0 heterocycles. The van der Waals surface area contributed by atoms with Crippen molar-refractivity contribution in [2.24, 2.45) is 5.41 Å². The van der Waals surface area contributed by atoms with Gasteiger partial charge in [0.1, 0.15) is 0 Å². The van der Waals surface area contributed by atoms with Crippen LogP contribution >= 0.6 is 11.8 Å². The third-order valence-electron chi connectivity index (χ3n) is 2.38. The topological polar surface area (TPSA) is 0 Å². The van der Waals surface area contributed by atoms with Crippen LogP contribution in [0.5, 0.6) is 0 Å². The van der Waals surface area contributed by atoms with E-state index in [9.17, 15) is 0 Å². The number of hydrogen-bond acceptors (Lipinski definition) is 1. The maximum Gasteiger partial charge on any atom is 0.00628 e. The SMILES string of the molecule is CCC/C=C(\SC(C)CCC)C(C)(C)C. The molecule has 0 aliphatic carbocycles. The Morgan fingerprint density at radius 3 is 2.20 bits per heavy atom. The van der Waals surface area contributed by atoms with E-state index in [0.717, 1.165) is 5.25 Å². The molecule has 0 aliphatic heterocycles. The fourth-order valence-corrected chi connectivity index (χ4v) is 2.84. The van der Waals surface area contributed by atoms with Crippen molar-refractivity contribution in [1.82, 2.24) is 0 Å². The summed E-state index contributed by atoms with van der Waals surface area (Å²) in [5.41, 5.74) is 0.321. The van der Waals surface area contributed by atoms with Crippen molar-refractivity contribution in [3.05, 3.63) is 11.0 Å². The Morgan fingerprint density at radius 2 is 1.80 bits per heavy atom. The van der Waals surface area contributed by atoms with Gasteiger partial charge in [-0.15, -0.1) is 11.8 Å². The predicted octanol–water partition coefficient (Wildman–Crippen LogP) is 5.64. The molecule has 0 rings (SSSR count). The maximum atomic E-state index is 2.44. The van der Waals surface area contributed by atoms with E-state index in [2.05, 4.69) is 59.4 Å². The van der Waals surface area contributed by atoms with Gasteiger partial charge in [0.2, 0.25) is 0 Å². The zero-order valence-corrected chi connectivity index (χ0v) is 12.2. The number of allylic oxidation sites excluding steroid dienone is 2. The van der Waals surface area contributed by atoms with Crippen molar-refractivity contribution >= 4 is 11.8 Å². The van der Waals surface area contributed by atoms with Crippen molar-refractivity contribution in [3.63, 3.8) is 0 Å². The summed E-state index contributed by atoms with van der Waals surface area (Å²) in [6.07, 6.45) is 7.53. The molecule has 0 aromatic rings. The molecule has 1 heteroatoms. The van der Waals surface area contributed by atoms with Crippen molar-refractivity contribution in [2.75, 3.05) is 0 Å². The second-order valence-electron chi connectivity index (χ2n) is 5.32. The van der Waals surface area contributed by atoms with Crippen LogP contribution < -0.4 is 0 Å². The van der Waals surface area contributed by atoms with Gasteiger partial charge in [-0.25, -0.2) is 0 Å². The zero-order chi connectivity index (χ0) is 11.9. The van der Waals surface area contributed by atoms with E-state index in [0.29, 0.717) is 5.41 Å². The van der Waals surface area contributed by atoms with E-state index in [4.69, 9.17) is 0 Å². The summed E-state index contributed by atoms with van der Waals surface area (Å²) in [5.74, 6) is 0. The minimum Gasteiger partial charge on any atom is -0.127 e. The lowest BCUT2D eigenvalue weighted by Gasteiger charge is -2.25. The van der Waals surface area contributed by atoms with Crippen LogP contribution in [0.4, 0.5) is 0 Å². The standard InChI is InChI=1S/C14H28S/c1-7-9-11-13(14(4,5)6)15-12(3)10-8-2/h11-12H,7-10H2,1-6H3/b13-11-. The first-order chi connectivity index (χ1) is 6.91. The minimum absolute atomic E-state index is 0.321. The van der Waals surface area contributed by atoms with Gasteiger partial charge in [-0.2, -0.15) is 0 Å². The average molecular weight is 228 g/mol. The van der Waals surface area contributed by atoms with E-state index in [1.165, 1.54) is 25.7 Å². The highest BCUT2D eigenvalue weighted by molar-refractivity contribution is 8.03. The highest BCUT2D eigenvalue weighted by Crippen LogP contribution is 2.38. The second-order valence-corrected chi connectivity index (χ2v) is 6.80. The molecule has 0 radical (unpaired) electrons. The van der Waals surface area contributed by atoms with E-state index in [1.54, 1.807) is 4.91 Å². The second kappa shape index (κ2) is 7.38. The summed E-state index contributed by atoms with van der Waals surface area (Å²) in [4.78, 5) is 1.57. The molecule has 0 spiro atoms. The zero-order valence-electron chi connectivity index (χ0n) is 11.4. The van der Waals surface area contributed by atoms with Gasteiger partial charge in [0, 0.05) is 5.25 Å². The predicted molar refractivity (Wildman–Crippen MR) is 74.4 cm³/mol. The minimum atomic E-state index is 0.321. The monoisotopic (exact) mass is 228 g/mol. The fraction of sp³-hybridized carbons (Fsp3) is 0.857. The van der Waals surface area contributed by atoms with E-state index >= 15 is 0 Å². The third-order valence-corrected chi connectivity index (χ3v) is 4.05. The van der Waals surface area contributed by atoms with Gasteiger partial charge in [0.15, 0.2) is 0 Å². The van der Waals surface area contributed by atoms with Gasteiger partial charge in [0.25, 0.3) is 0 Å². The lowest BCUT2D eigenvalue weighted by atomic mass is 9.95. The summed E-state index contributed by atoms with van der Waals surface area (Å²) >= 11 is 2.08. The highest BCUT2D eigenvalue weighted by Gasteiger charge is 2.19. The van der Waals surface area contributed by atoms with Gasteiger partial charge in [-0.1, -0.05) is 60.5 Å². The molecule has 1 unspecified atom stereocenters. The van der Waals surface area contributed by atoms with E-state index in [1.807, 2.05) is 0 Å². The van der Waals surface area contributed by atoms with Gasteiger partial charge in [0.05, 0.1) is 0 Å². The van der Waals surface area contributed by atoms with Crippen molar-refractivity contribution in [3.8, 4) is 0 Å². The Hall–Kier alpha value is 0.0900. The van der Waals surface area contributed by atoms with Crippen LogP contribution in [0.2, 0.25) is 0 Å². The molecule has 0 aliphatic rings. The number of rotatable bonds is 6. The first kappa shape index (κ1) is 15.1. The van der Waals surface area contributed by atoms with Crippen LogP contribution in [0.25, 0.3) is 0 Å². The Morgan fingerprint density at radius 1 is 1.20 bits per heavy atom. The highest BCUT2D eigenvalue weighted by atomic mass is 32.2. The summed E-state index contributed by atoms with van der Waals surface area (Å²) < 4.78 is 0. The van der Waals surface area contributed by atoms with Gasteiger partial charge >= 0.3 is 0 Å². The first-order valence-electron chi connectivity index (χ1n) is 6.29. The summed E-state index contributed by atoms with van der Waals surface area (Å²) in [6, 6.07) is 0. The van der Waals surface area contributed by atoms with Crippen LogP contribution in [0.1, 0.15) is 67.2 Å². The molecule has 0 fully saturated rings. The van der Waals surface area contributed by atoms with Crippen LogP contribution in [0, 0.1) is 5.41 Å². The molecule has 0 saturated carbocycles. The van der Waals surface area contributed by atoms with Gasteiger partial charge < -0.3 is 0 Å². The smallest absolute Gasteiger partial charge is 0.00628 e. The summed E-state index contributed by atoms with van der Waals surface area (Å²) in [7, 11) is 0. The van der Waals surface area contributed by atoms with E-state index in [-0.39, 0.29) is 0 Å². The Balaban J connectivity index is 4.38. The van der Waals surface area contributed by atoms with Gasteiger partial charge in [-0.3, -0.25) is 0 Å². The maximum absolute atomic E-state index is 2.44. The largest absolute Gasteiger partial charge is 0.127 e. The lowest BCUT2D eigenvalue weighted by molar-refractivity contribution is 0.529. The van der Waals surface area contributed by atoms with Crippen LogP contribution in [-0.2, 0) is 0 Å². The number of hydrogen-bond donors (Lipinski definition) is 0. The molecule has 0 saturated heterocycles. The lowest BCUT2D eigenvalue weighted by Crippen LogP contribution is -2.10. The molecular formula is C14H28S. The molecular weight excluding hydrogens is 200 g/mol. The average Bonchev–Trinajstić information content (AvgIpc) is 2.10. The van der Waals surface area contributed by atoms with Crippen molar-refractivity contribution in [2.45, 2.75) is 72.5 Å². The Bertz CT molecular complexity index is 186. The first-order valence-corrected chi connectivity index (χ1v) is 7.17. The number of unbranched alkanes of at least 4 members (excludes halogenated alkanes) is 1. The molecule has 1 atom stereocenters. The Kier molecular flexibility index (Phi) is 7.42. The quantitative estimate of drug-likeness (QED) is 0.567. The summed E-state index contributed by atoms with van der Waals surface area (Å²) in [6.45, 7) is 13.8. The molecule has 0 amide bonds. The molecule has 0 aromatic heterocycles. The van der Waals surface area contributed by atoms with E-state index < -0.39 is 0 Å². The Labute approximate surface area is 101 Å². The number of thioether (sulfide) groups is 1. The normalized spacial score (nSPS) is 15.5. The van der Waals surface area contributed by atoms with Crippen LogP contribution in [0.3, 0.4) is 0 Å². The van der Waals surface area contributed by atoms with Crippen molar-refractivity contribution in [1.29, 1.82) is 0 Å². The molecule has 0 N–H and O–H groups in total. The third kappa shape index (κ3) is 7.05. The molecule has 0 bridgehead atoms. The van der Waals surface area contributed by atoms with Crippen molar-refractivity contribution < 1.29 is 0 Å². The van der Waals surface area contributed by atoms with Crippen LogP contribution in [-0.4, -0.2) is 5.25 Å². The van der Waals surface area contributed by atoms with Crippen LogP contribution in [0.15, 0.2) is 11.0 Å². The summed E-state index contributed by atoms with van der Waals surface area (Å²) in [5, 5.41) is 0.761.